The van der Waals surface area contributed by atoms with Crippen LogP contribution in [0.15, 0.2) is 4.52 Å². The lowest BCUT2D eigenvalue weighted by Crippen LogP contribution is -2.15. The summed E-state index contributed by atoms with van der Waals surface area (Å²) >= 11 is 0. The second kappa shape index (κ2) is 3.85. The van der Waals surface area contributed by atoms with Crippen LogP contribution < -0.4 is 5.32 Å². The first-order chi connectivity index (χ1) is 6.38. The predicted octanol–water partition coefficient (Wildman–Crippen LogP) is 0.468. The Balaban J connectivity index is 1.81. The molecule has 1 aliphatic carbocycles. The molecule has 1 heterocycles. The lowest BCUT2D eigenvalue weighted by atomic mass is 10.5. The van der Waals surface area contributed by atoms with Gasteiger partial charge in [-0.05, 0) is 12.8 Å². The number of ether oxygens (including phenoxy) is 1. The third-order valence-corrected chi connectivity index (χ3v) is 1.90. The van der Waals surface area contributed by atoms with Gasteiger partial charge in [0.05, 0.1) is 6.54 Å². The fourth-order valence-corrected chi connectivity index (χ4v) is 1.07. The van der Waals surface area contributed by atoms with Crippen molar-refractivity contribution < 1.29 is 9.26 Å². The molecule has 0 bridgehead atoms. The Labute approximate surface area is 76.5 Å². The number of nitrogens with zero attached hydrogens (tertiary/aromatic N) is 2. The van der Waals surface area contributed by atoms with Gasteiger partial charge in [0.2, 0.25) is 5.89 Å². The number of nitrogens with one attached hydrogen (secondary N) is 1. The Morgan fingerprint density at radius 3 is 3.15 bits per heavy atom. The molecule has 2 rings (SSSR count). The lowest BCUT2D eigenvalue weighted by Gasteiger charge is -1.94. The molecule has 0 unspecified atom stereocenters. The molecule has 0 saturated heterocycles. The standard InChI is InChI=1S/C8H13N3O2/c1-12-5-7-10-8(13-11-7)4-9-6-2-3-6/h6,9H,2-5H2,1H3. The van der Waals surface area contributed by atoms with Gasteiger partial charge in [-0.25, -0.2) is 0 Å². The zero-order chi connectivity index (χ0) is 9.10. The van der Waals surface area contributed by atoms with Crippen LogP contribution in [0.1, 0.15) is 24.6 Å². The number of aromatic nitrogens is 2. The van der Waals surface area contributed by atoms with Crippen molar-refractivity contribution in [1.29, 1.82) is 0 Å². The van der Waals surface area contributed by atoms with Crippen molar-refractivity contribution in [2.75, 3.05) is 7.11 Å². The van der Waals surface area contributed by atoms with E-state index in [0.29, 0.717) is 30.9 Å². The normalized spacial score (nSPS) is 16.4. The third kappa shape index (κ3) is 2.50. The van der Waals surface area contributed by atoms with Crippen LogP contribution in [-0.4, -0.2) is 23.3 Å². The van der Waals surface area contributed by atoms with Crippen molar-refractivity contribution in [3.63, 3.8) is 0 Å². The van der Waals surface area contributed by atoms with Crippen molar-refractivity contribution in [2.45, 2.75) is 32.0 Å². The first kappa shape index (κ1) is 8.65. The zero-order valence-corrected chi connectivity index (χ0v) is 7.62. The van der Waals surface area contributed by atoms with E-state index in [-0.39, 0.29) is 0 Å². The molecular formula is C8H13N3O2. The Bertz CT molecular complexity index is 270. The van der Waals surface area contributed by atoms with E-state index < -0.39 is 0 Å². The van der Waals surface area contributed by atoms with Gasteiger partial charge in [-0.1, -0.05) is 5.16 Å². The molecule has 5 heteroatoms. The van der Waals surface area contributed by atoms with Crippen molar-refractivity contribution in [2.24, 2.45) is 0 Å². The van der Waals surface area contributed by atoms with Crippen LogP contribution in [0.4, 0.5) is 0 Å². The van der Waals surface area contributed by atoms with Gasteiger partial charge in [-0.3, -0.25) is 0 Å². The second-order valence-electron chi connectivity index (χ2n) is 3.19. The predicted molar refractivity (Wildman–Crippen MR) is 44.9 cm³/mol. The highest BCUT2D eigenvalue weighted by Crippen LogP contribution is 2.18. The minimum atomic E-state index is 0.410. The summed E-state index contributed by atoms with van der Waals surface area (Å²) in [6.07, 6.45) is 2.53. The Kier molecular flexibility index (Phi) is 2.56. The van der Waals surface area contributed by atoms with Crippen LogP contribution in [0, 0.1) is 0 Å². The fraction of sp³-hybridized carbons (Fsp3) is 0.750. The van der Waals surface area contributed by atoms with Crippen molar-refractivity contribution in [1.82, 2.24) is 15.5 Å². The van der Waals surface area contributed by atoms with Gasteiger partial charge in [0.25, 0.3) is 0 Å². The van der Waals surface area contributed by atoms with Crippen molar-refractivity contribution in [3.05, 3.63) is 11.7 Å². The Morgan fingerprint density at radius 1 is 1.62 bits per heavy atom. The molecular weight excluding hydrogens is 170 g/mol. The summed E-state index contributed by atoms with van der Waals surface area (Å²) < 4.78 is 9.87. The molecule has 0 aromatic carbocycles. The molecule has 72 valence electrons. The van der Waals surface area contributed by atoms with Gasteiger partial charge in [0.1, 0.15) is 6.61 Å². The molecule has 1 aliphatic rings. The molecule has 0 amide bonds. The number of rotatable bonds is 5. The molecule has 0 aliphatic heterocycles. The van der Waals surface area contributed by atoms with Crippen LogP contribution in [0.3, 0.4) is 0 Å². The summed E-state index contributed by atoms with van der Waals surface area (Å²) in [6, 6.07) is 0.665. The van der Waals surface area contributed by atoms with Gasteiger partial charge in [0.15, 0.2) is 5.82 Å². The van der Waals surface area contributed by atoms with Crippen LogP contribution in [-0.2, 0) is 17.9 Å². The average molecular weight is 183 g/mol. The van der Waals surface area contributed by atoms with Gasteiger partial charge in [-0.15, -0.1) is 0 Å². The zero-order valence-electron chi connectivity index (χ0n) is 7.62. The van der Waals surface area contributed by atoms with E-state index in [1.807, 2.05) is 0 Å². The first-order valence-electron chi connectivity index (χ1n) is 4.42. The lowest BCUT2D eigenvalue weighted by molar-refractivity contribution is 0.174. The summed E-state index contributed by atoms with van der Waals surface area (Å²) in [5, 5.41) is 7.04. The van der Waals surface area contributed by atoms with Crippen molar-refractivity contribution in [3.8, 4) is 0 Å². The van der Waals surface area contributed by atoms with Gasteiger partial charge < -0.3 is 14.6 Å². The monoisotopic (exact) mass is 183 g/mol. The van der Waals surface area contributed by atoms with Crippen LogP contribution in [0.5, 0.6) is 0 Å². The number of hydrogen-bond acceptors (Lipinski definition) is 5. The smallest absolute Gasteiger partial charge is 0.240 e. The molecule has 1 saturated carbocycles. The van der Waals surface area contributed by atoms with Gasteiger partial charge in [0, 0.05) is 13.2 Å². The Morgan fingerprint density at radius 2 is 2.46 bits per heavy atom. The largest absolute Gasteiger partial charge is 0.377 e. The highest BCUT2D eigenvalue weighted by molar-refractivity contribution is 4.87. The quantitative estimate of drug-likeness (QED) is 0.719. The maximum Gasteiger partial charge on any atom is 0.240 e. The SMILES string of the molecule is COCc1noc(CNC2CC2)n1. The van der Waals surface area contributed by atoms with E-state index in [1.54, 1.807) is 7.11 Å². The molecule has 1 aromatic heterocycles. The van der Waals surface area contributed by atoms with E-state index in [2.05, 4.69) is 15.5 Å². The molecule has 13 heavy (non-hydrogen) atoms. The minimum absolute atomic E-state index is 0.410. The molecule has 1 N–H and O–H groups in total. The van der Waals surface area contributed by atoms with E-state index in [0.717, 1.165) is 0 Å². The van der Waals surface area contributed by atoms with E-state index in [1.165, 1.54) is 12.8 Å². The maximum absolute atomic E-state index is 4.99. The maximum atomic E-state index is 4.99. The Hall–Kier alpha value is -0.940. The minimum Gasteiger partial charge on any atom is -0.377 e. The molecule has 0 atom stereocenters. The highest BCUT2D eigenvalue weighted by atomic mass is 16.5. The topological polar surface area (TPSA) is 60.2 Å². The van der Waals surface area contributed by atoms with E-state index in [4.69, 9.17) is 9.26 Å². The van der Waals surface area contributed by atoms with Crippen LogP contribution >= 0.6 is 0 Å². The second-order valence-corrected chi connectivity index (χ2v) is 3.19. The summed E-state index contributed by atoms with van der Waals surface area (Å²) in [4.78, 5) is 4.13. The molecule has 0 radical (unpaired) electrons. The molecule has 1 aromatic rings. The van der Waals surface area contributed by atoms with E-state index in [9.17, 15) is 0 Å². The fourth-order valence-electron chi connectivity index (χ4n) is 1.07. The third-order valence-electron chi connectivity index (χ3n) is 1.90. The highest BCUT2D eigenvalue weighted by Gasteiger charge is 2.21. The summed E-state index contributed by atoms with van der Waals surface area (Å²) in [5.74, 6) is 1.24. The number of hydrogen-bond donors (Lipinski definition) is 1. The van der Waals surface area contributed by atoms with Crippen molar-refractivity contribution >= 4 is 0 Å². The summed E-state index contributed by atoms with van der Waals surface area (Å²) in [5.41, 5.74) is 0. The average Bonchev–Trinajstić information content (AvgIpc) is 2.85. The van der Waals surface area contributed by atoms with Gasteiger partial charge >= 0.3 is 0 Å². The molecule has 5 nitrogen and oxygen atoms in total. The van der Waals surface area contributed by atoms with E-state index >= 15 is 0 Å². The van der Waals surface area contributed by atoms with Crippen LogP contribution in [0.2, 0.25) is 0 Å². The summed E-state index contributed by atoms with van der Waals surface area (Å²) in [6.45, 7) is 1.08. The summed E-state index contributed by atoms with van der Waals surface area (Å²) in [7, 11) is 1.61. The molecule has 1 fully saturated rings. The first-order valence-corrected chi connectivity index (χ1v) is 4.42. The molecule has 0 spiro atoms. The van der Waals surface area contributed by atoms with Crippen LogP contribution in [0.25, 0.3) is 0 Å². The number of methoxy groups -OCH3 is 1. The van der Waals surface area contributed by atoms with Gasteiger partial charge in [-0.2, -0.15) is 4.98 Å².